The number of carbonyl (C=O) groups is 1. The van der Waals surface area contributed by atoms with Crippen LogP contribution in [0.4, 0.5) is 0 Å². The van der Waals surface area contributed by atoms with Crippen molar-refractivity contribution in [3.8, 4) is 0 Å². The molecule has 24 heavy (non-hydrogen) atoms. The van der Waals surface area contributed by atoms with Gasteiger partial charge in [-0.2, -0.15) is 0 Å². The second kappa shape index (κ2) is 12.2. The van der Waals surface area contributed by atoms with Crippen LogP contribution < -0.4 is 0 Å². The van der Waals surface area contributed by atoms with Crippen molar-refractivity contribution in [2.24, 2.45) is 0 Å². The van der Waals surface area contributed by atoms with Crippen LogP contribution in [0, 0.1) is 0 Å². The molecule has 6 heteroatoms. The molecule has 0 atom stereocenters. The lowest BCUT2D eigenvalue weighted by atomic mass is 10.2. The minimum atomic E-state index is -2.98. The molecule has 1 aromatic carbocycles. The summed E-state index contributed by atoms with van der Waals surface area (Å²) >= 11 is 0. The maximum absolute atomic E-state index is 12.1. The summed E-state index contributed by atoms with van der Waals surface area (Å²) < 4.78 is 23.2. The Morgan fingerprint density at radius 1 is 0.875 bits per heavy atom. The third kappa shape index (κ3) is 8.05. The fourth-order valence-electron chi connectivity index (χ4n) is 2.01. The first-order valence-electron chi connectivity index (χ1n) is 8.77. The standard InChI is InChI=1S/C18H30O5Si/c1-4-12-21-24(22-13-5-2,23-14-6-3)16-20-18(19)15-17-10-8-7-9-11-17/h7-11H,4-6,12-16H2,1-3H3. The molecule has 0 fully saturated rings. The number of ether oxygens (including phenoxy) is 1. The van der Waals surface area contributed by atoms with E-state index in [-0.39, 0.29) is 18.6 Å². The van der Waals surface area contributed by atoms with Gasteiger partial charge >= 0.3 is 14.8 Å². The van der Waals surface area contributed by atoms with Crippen molar-refractivity contribution in [1.29, 1.82) is 0 Å². The van der Waals surface area contributed by atoms with Gasteiger partial charge in [-0.25, -0.2) is 0 Å². The molecule has 136 valence electrons. The van der Waals surface area contributed by atoms with Crippen LogP contribution in [0.5, 0.6) is 0 Å². The summed E-state index contributed by atoms with van der Waals surface area (Å²) in [6, 6.07) is 9.53. The third-order valence-corrected chi connectivity index (χ3v) is 5.61. The van der Waals surface area contributed by atoms with Crippen molar-refractivity contribution in [2.45, 2.75) is 46.5 Å². The Bertz CT molecular complexity index is 430. The quantitative estimate of drug-likeness (QED) is 0.401. The number of benzene rings is 1. The summed E-state index contributed by atoms with van der Waals surface area (Å²) in [5, 5.41) is 0. The summed E-state index contributed by atoms with van der Waals surface area (Å²) in [6.07, 6.45) is 2.88. The first-order valence-corrected chi connectivity index (χ1v) is 10.7. The highest BCUT2D eigenvalue weighted by atomic mass is 28.4. The fraction of sp³-hybridized carbons (Fsp3) is 0.611. The molecule has 0 spiro atoms. The van der Waals surface area contributed by atoms with Gasteiger partial charge < -0.3 is 18.0 Å². The van der Waals surface area contributed by atoms with Crippen LogP contribution in [-0.2, 0) is 29.2 Å². The highest BCUT2D eigenvalue weighted by molar-refractivity contribution is 6.60. The van der Waals surface area contributed by atoms with Gasteiger partial charge in [0.05, 0.1) is 6.42 Å². The van der Waals surface area contributed by atoms with Crippen LogP contribution in [0.2, 0.25) is 0 Å². The van der Waals surface area contributed by atoms with E-state index in [0.29, 0.717) is 19.8 Å². The molecule has 0 bridgehead atoms. The average molecular weight is 355 g/mol. The summed E-state index contributed by atoms with van der Waals surface area (Å²) in [7, 11) is -2.98. The van der Waals surface area contributed by atoms with Gasteiger partial charge in [-0.05, 0) is 24.8 Å². The molecule has 0 unspecified atom stereocenters. The molecule has 0 aliphatic carbocycles. The molecule has 0 saturated heterocycles. The van der Waals surface area contributed by atoms with E-state index >= 15 is 0 Å². The second-order valence-corrected chi connectivity index (χ2v) is 8.07. The van der Waals surface area contributed by atoms with Crippen molar-refractivity contribution in [3.05, 3.63) is 35.9 Å². The van der Waals surface area contributed by atoms with Crippen molar-refractivity contribution in [1.82, 2.24) is 0 Å². The van der Waals surface area contributed by atoms with E-state index in [9.17, 15) is 4.79 Å². The van der Waals surface area contributed by atoms with Crippen LogP contribution in [0.25, 0.3) is 0 Å². The third-order valence-electron chi connectivity index (χ3n) is 3.18. The zero-order chi connectivity index (χ0) is 17.7. The maximum Gasteiger partial charge on any atom is 0.540 e. The van der Waals surface area contributed by atoms with E-state index in [0.717, 1.165) is 24.8 Å². The van der Waals surface area contributed by atoms with Crippen molar-refractivity contribution in [3.63, 3.8) is 0 Å². The predicted octanol–water partition coefficient (Wildman–Crippen LogP) is 3.53. The van der Waals surface area contributed by atoms with E-state index in [1.54, 1.807) is 0 Å². The molecule has 5 nitrogen and oxygen atoms in total. The lowest BCUT2D eigenvalue weighted by Gasteiger charge is -2.29. The average Bonchev–Trinajstić information content (AvgIpc) is 2.61. The maximum atomic E-state index is 12.1. The molecule has 0 heterocycles. The summed E-state index contributed by atoms with van der Waals surface area (Å²) in [5.41, 5.74) is 0.924. The molecule has 0 radical (unpaired) electrons. The van der Waals surface area contributed by atoms with E-state index in [1.807, 2.05) is 51.1 Å². The molecule has 0 saturated carbocycles. The molecule has 0 aliphatic rings. The van der Waals surface area contributed by atoms with Crippen LogP contribution in [0.3, 0.4) is 0 Å². The van der Waals surface area contributed by atoms with Crippen LogP contribution in [0.1, 0.15) is 45.6 Å². The zero-order valence-corrected chi connectivity index (χ0v) is 16.1. The van der Waals surface area contributed by atoms with Gasteiger partial charge in [-0.1, -0.05) is 51.1 Å². The molecule has 0 aromatic heterocycles. The van der Waals surface area contributed by atoms with E-state index in [4.69, 9.17) is 18.0 Å². The number of esters is 1. The summed E-state index contributed by atoms with van der Waals surface area (Å²) in [6.45, 7) is 7.70. The van der Waals surface area contributed by atoms with Crippen LogP contribution in [-0.4, -0.2) is 40.8 Å². The van der Waals surface area contributed by atoms with Gasteiger partial charge in [0.25, 0.3) is 0 Å². The number of hydrogen-bond donors (Lipinski definition) is 0. The van der Waals surface area contributed by atoms with Gasteiger partial charge in [-0.3, -0.25) is 4.79 Å². The topological polar surface area (TPSA) is 54.0 Å². The number of carbonyl (C=O) groups excluding carboxylic acids is 1. The van der Waals surface area contributed by atoms with Crippen LogP contribution in [0.15, 0.2) is 30.3 Å². The van der Waals surface area contributed by atoms with Gasteiger partial charge in [0.15, 0.2) is 6.23 Å². The Morgan fingerprint density at radius 2 is 1.38 bits per heavy atom. The monoisotopic (exact) mass is 354 g/mol. The van der Waals surface area contributed by atoms with Gasteiger partial charge in [-0.15, -0.1) is 0 Å². The molecule has 0 N–H and O–H groups in total. The van der Waals surface area contributed by atoms with Crippen molar-refractivity contribution < 1.29 is 22.8 Å². The Morgan fingerprint density at radius 3 is 1.83 bits per heavy atom. The minimum absolute atomic E-state index is 0.0681. The number of rotatable bonds is 13. The van der Waals surface area contributed by atoms with Gasteiger partial charge in [0.2, 0.25) is 0 Å². The van der Waals surface area contributed by atoms with E-state index in [1.165, 1.54) is 0 Å². The highest BCUT2D eigenvalue weighted by Crippen LogP contribution is 2.14. The predicted molar refractivity (Wildman–Crippen MR) is 95.6 cm³/mol. The molecular weight excluding hydrogens is 324 g/mol. The molecular formula is C18H30O5Si. The smallest absolute Gasteiger partial charge is 0.461 e. The lowest BCUT2D eigenvalue weighted by Crippen LogP contribution is -2.52. The Hall–Kier alpha value is -1.21. The van der Waals surface area contributed by atoms with E-state index in [2.05, 4.69) is 0 Å². The van der Waals surface area contributed by atoms with E-state index < -0.39 is 8.80 Å². The Balaban J connectivity index is 2.64. The first-order chi connectivity index (χ1) is 11.7. The largest absolute Gasteiger partial charge is 0.540 e. The highest BCUT2D eigenvalue weighted by Gasteiger charge is 2.43. The van der Waals surface area contributed by atoms with Gasteiger partial charge in [0.1, 0.15) is 0 Å². The van der Waals surface area contributed by atoms with Crippen molar-refractivity contribution >= 4 is 14.8 Å². The zero-order valence-electron chi connectivity index (χ0n) is 15.1. The minimum Gasteiger partial charge on any atom is -0.461 e. The van der Waals surface area contributed by atoms with Gasteiger partial charge in [0, 0.05) is 19.8 Å². The summed E-state index contributed by atoms with van der Waals surface area (Å²) in [5.74, 6) is -0.293. The fourth-order valence-corrected chi connectivity index (χ4v) is 4.39. The Kier molecular flexibility index (Phi) is 10.6. The summed E-state index contributed by atoms with van der Waals surface area (Å²) in [4.78, 5) is 12.1. The molecule has 1 rings (SSSR count). The lowest BCUT2D eigenvalue weighted by molar-refractivity contribution is -0.143. The Labute approximate surface area is 146 Å². The first kappa shape index (κ1) is 20.8. The molecule has 1 aromatic rings. The second-order valence-electron chi connectivity index (χ2n) is 5.55. The molecule has 0 amide bonds. The number of hydrogen-bond acceptors (Lipinski definition) is 5. The van der Waals surface area contributed by atoms with Crippen molar-refractivity contribution in [2.75, 3.05) is 26.1 Å². The molecule has 0 aliphatic heterocycles. The normalized spacial score (nSPS) is 11.5. The van der Waals surface area contributed by atoms with Crippen LogP contribution >= 0.6 is 0 Å². The SMILES string of the molecule is CCCO[Si](COC(=O)Cc1ccccc1)(OCCC)OCCC.